The predicted molar refractivity (Wildman–Crippen MR) is 92.4 cm³/mol. The van der Waals surface area contributed by atoms with Crippen LogP contribution in [0.1, 0.15) is 5.01 Å². The number of rotatable bonds is 3. The Bertz CT molecular complexity index is 860. The molecule has 2 heterocycles. The summed E-state index contributed by atoms with van der Waals surface area (Å²) in [6.07, 6.45) is -0.626. The van der Waals surface area contributed by atoms with E-state index in [-0.39, 0.29) is 12.5 Å². The number of aromatic nitrogens is 1. The van der Waals surface area contributed by atoms with Crippen LogP contribution in [-0.4, -0.2) is 35.5 Å². The first-order valence-electron chi connectivity index (χ1n) is 7.68. The average molecular weight is 340 g/mol. The summed E-state index contributed by atoms with van der Waals surface area (Å²) in [5, 5.41) is 0.907. The molecule has 1 amide bonds. The molecule has 0 bridgehead atoms. The Morgan fingerprint density at radius 2 is 1.96 bits per heavy atom. The first kappa shape index (κ1) is 15.0. The van der Waals surface area contributed by atoms with Crippen molar-refractivity contribution in [1.82, 2.24) is 9.88 Å². The standard InChI is InChI=1S/C18H16N2O3S/c1-20(10-17-19-12-6-2-5-9-16(12)24-17)18(21)15-11-22-13-7-3-4-8-14(13)23-15/h2-9,15H,10-11H2,1H3/t15-/m0/s1. The quantitative estimate of drug-likeness (QED) is 0.735. The summed E-state index contributed by atoms with van der Waals surface area (Å²) in [5.74, 6) is 1.18. The number of carbonyl (C=O) groups excluding carboxylic acids is 1. The van der Waals surface area contributed by atoms with Gasteiger partial charge < -0.3 is 14.4 Å². The Kier molecular flexibility index (Phi) is 3.82. The van der Waals surface area contributed by atoms with Crippen molar-refractivity contribution in [3.8, 4) is 11.5 Å². The first-order valence-corrected chi connectivity index (χ1v) is 8.50. The Labute approximate surface area is 143 Å². The van der Waals surface area contributed by atoms with Gasteiger partial charge in [-0.2, -0.15) is 0 Å². The van der Waals surface area contributed by atoms with Crippen molar-refractivity contribution in [2.75, 3.05) is 13.7 Å². The van der Waals surface area contributed by atoms with Crippen LogP contribution in [0.2, 0.25) is 0 Å². The van der Waals surface area contributed by atoms with Crippen molar-refractivity contribution in [3.05, 3.63) is 53.5 Å². The minimum Gasteiger partial charge on any atom is -0.485 e. The summed E-state index contributed by atoms with van der Waals surface area (Å²) in [6, 6.07) is 15.3. The van der Waals surface area contributed by atoms with Crippen molar-refractivity contribution < 1.29 is 14.3 Å². The fourth-order valence-corrected chi connectivity index (χ4v) is 3.68. The van der Waals surface area contributed by atoms with Crippen LogP contribution in [0.15, 0.2) is 48.5 Å². The zero-order chi connectivity index (χ0) is 16.5. The molecular weight excluding hydrogens is 324 g/mol. The molecule has 3 aromatic rings. The van der Waals surface area contributed by atoms with Gasteiger partial charge in [0.15, 0.2) is 11.5 Å². The number of nitrogens with zero attached hydrogens (tertiary/aromatic N) is 2. The lowest BCUT2D eigenvalue weighted by atomic mass is 10.2. The number of benzene rings is 2. The van der Waals surface area contributed by atoms with Crippen LogP contribution in [-0.2, 0) is 11.3 Å². The minimum atomic E-state index is -0.626. The van der Waals surface area contributed by atoms with Crippen LogP contribution >= 0.6 is 11.3 Å². The third-order valence-corrected chi connectivity index (χ3v) is 4.89. The van der Waals surface area contributed by atoms with Gasteiger partial charge in [0.25, 0.3) is 5.91 Å². The molecular formula is C18H16N2O3S. The van der Waals surface area contributed by atoms with E-state index in [1.54, 1.807) is 23.3 Å². The first-order chi connectivity index (χ1) is 11.7. The number of fused-ring (bicyclic) bond motifs is 2. The third kappa shape index (κ3) is 2.80. The van der Waals surface area contributed by atoms with E-state index in [0.717, 1.165) is 15.2 Å². The van der Waals surface area contributed by atoms with Gasteiger partial charge in [-0.15, -0.1) is 11.3 Å². The number of carbonyl (C=O) groups is 1. The third-order valence-electron chi connectivity index (χ3n) is 3.87. The fraction of sp³-hybridized carbons (Fsp3) is 0.222. The number of ether oxygens (including phenoxy) is 2. The monoisotopic (exact) mass is 340 g/mol. The maximum Gasteiger partial charge on any atom is 0.267 e. The van der Waals surface area contributed by atoms with Crippen LogP contribution < -0.4 is 9.47 Å². The van der Waals surface area contributed by atoms with E-state index in [0.29, 0.717) is 18.0 Å². The van der Waals surface area contributed by atoms with E-state index in [9.17, 15) is 4.79 Å². The highest BCUT2D eigenvalue weighted by molar-refractivity contribution is 7.18. The van der Waals surface area contributed by atoms with Gasteiger partial charge in [0, 0.05) is 7.05 Å². The van der Waals surface area contributed by atoms with Gasteiger partial charge in [-0.1, -0.05) is 24.3 Å². The lowest BCUT2D eigenvalue weighted by molar-refractivity contribution is -0.140. The molecule has 0 N–H and O–H groups in total. The number of thiazole rings is 1. The van der Waals surface area contributed by atoms with Gasteiger partial charge in [-0.3, -0.25) is 4.79 Å². The van der Waals surface area contributed by atoms with E-state index >= 15 is 0 Å². The molecule has 1 aromatic heterocycles. The summed E-state index contributed by atoms with van der Waals surface area (Å²) in [4.78, 5) is 18.8. The molecule has 0 aliphatic carbocycles. The van der Waals surface area contributed by atoms with Gasteiger partial charge in [0.05, 0.1) is 16.8 Å². The molecule has 1 aliphatic heterocycles. The molecule has 24 heavy (non-hydrogen) atoms. The smallest absolute Gasteiger partial charge is 0.267 e. The zero-order valence-corrected chi connectivity index (χ0v) is 14.0. The number of hydrogen-bond acceptors (Lipinski definition) is 5. The molecule has 0 saturated carbocycles. The van der Waals surface area contributed by atoms with Crippen molar-refractivity contribution in [1.29, 1.82) is 0 Å². The van der Waals surface area contributed by atoms with E-state index in [1.807, 2.05) is 48.5 Å². The maximum absolute atomic E-state index is 12.6. The lowest BCUT2D eigenvalue weighted by Crippen LogP contribution is -2.44. The molecule has 0 unspecified atom stereocenters. The van der Waals surface area contributed by atoms with E-state index in [1.165, 1.54) is 0 Å². The molecule has 122 valence electrons. The van der Waals surface area contributed by atoms with Crippen LogP contribution in [0.5, 0.6) is 11.5 Å². The summed E-state index contributed by atoms with van der Waals surface area (Å²) in [5.41, 5.74) is 0.963. The van der Waals surface area contributed by atoms with Crippen LogP contribution in [0.25, 0.3) is 10.2 Å². The minimum absolute atomic E-state index is 0.108. The second-order valence-electron chi connectivity index (χ2n) is 5.63. The Balaban J connectivity index is 1.46. The number of likely N-dealkylation sites (N-methyl/N-ethyl adjacent to an activating group) is 1. The maximum atomic E-state index is 12.6. The molecule has 0 fully saturated rings. The molecule has 0 saturated heterocycles. The molecule has 1 atom stereocenters. The molecule has 2 aromatic carbocycles. The van der Waals surface area contributed by atoms with Gasteiger partial charge >= 0.3 is 0 Å². The van der Waals surface area contributed by atoms with Crippen molar-refractivity contribution in [2.45, 2.75) is 12.6 Å². The normalized spacial score (nSPS) is 16.1. The molecule has 0 spiro atoms. The molecule has 0 radical (unpaired) electrons. The van der Waals surface area contributed by atoms with Crippen molar-refractivity contribution >= 4 is 27.5 Å². The highest BCUT2D eigenvalue weighted by Crippen LogP contribution is 2.31. The van der Waals surface area contributed by atoms with Gasteiger partial charge in [0.2, 0.25) is 6.10 Å². The van der Waals surface area contributed by atoms with Gasteiger partial charge in [0.1, 0.15) is 11.6 Å². The van der Waals surface area contributed by atoms with Crippen LogP contribution in [0.3, 0.4) is 0 Å². The highest BCUT2D eigenvalue weighted by Gasteiger charge is 2.30. The summed E-state index contributed by atoms with van der Waals surface area (Å²) in [6.45, 7) is 0.680. The number of para-hydroxylation sites is 3. The van der Waals surface area contributed by atoms with Gasteiger partial charge in [-0.25, -0.2) is 4.98 Å². The van der Waals surface area contributed by atoms with Crippen LogP contribution in [0, 0.1) is 0 Å². The summed E-state index contributed by atoms with van der Waals surface area (Å²) in [7, 11) is 1.76. The number of hydrogen-bond donors (Lipinski definition) is 0. The molecule has 1 aliphatic rings. The van der Waals surface area contributed by atoms with E-state index in [4.69, 9.17) is 9.47 Å². The Morgan fingerprint density at radius 1 is 1.21 bits per heavy atom. The van der Waals surface area contributed by atoms with Crippen molar-refractivity contribution in [3.63, 3.8) is 0 Å². The fourth-order valence-electron chi connectivity index (χ4n) is 2.66. The largest absolute Gasteiger partial charge is 0.485 e. The highest BCUT2D eigenvalue weighted by atomic mass is 32.1. The molecule has 6 heteroatoms. The lowest BCUT2D eigenvalue weighted by Gasteiger charge is -2.28. The molecule has 5 nitrogen and oxygen atoms in total. The Hall–Kier alpha value is -2.60. The average Bonchev–Trinajstić information content (AvgIpc) is 3.02. The second kappa shape index (κ2) is 6.13. The van der Waals surface area contributed by atoms with Crippen LogP contribution in [0.4, 0.5) is 0 Å². The number of amides is 1. The Morgan fingerprint density at radius 3 is 2.79 bits per heavy atom. The summed E-state index contributed by atoms with van der Waals surface area (Å²) >= 11 is 1.60. The second-order valence-corrected chi connectivity index (χ2v) is 6.75. The SMILES string of the molecule is CN(Cc1nc2ccccc2s1)C(=O)[C@@H]1COc2ccccc2O1. The summed E-state index contributed by atoms with van der Waals surface area (Å²) < 4.78 is 12.5. The van der Waals surface area contributed by atoms with Crippen molar-refractivity contribution in [2.24, 2.45) is 0 Å². The predicted octanol–water partition coefficient (Wildman–Crippen LogP) is 3.09. The van der Waals surface area contributed by atoms with E-state index < -0.39 is 6.10 Å². The van der Waals surface area contributed by atoms with E-state index in [2.05, 4.69) is 4.98 Å². The zero-order valence-electron chi connectivity index (χ0n) is 13.1. The van der Waals surface area contributed by atoms with Gasteiger partial charge in [-0.05, 0) is 24.3 Å². The topological polar surface area (TPSA) is 51.7 Å². The molecule has 4 rings (SSSR count).